The van der Waals surface area contributed by atoms with Gasteiger partial charge in [-0.15, -0.1) is 0 Å². The molecule has 7 aromatic carbocycles. The summed E-state index contributed by atoms with van der Waals surface area (Å²) in [6, 6.07) is 41.1. The van der Waals surface area contributed by atoms with Crippen LogP contribution in [0.1, 0.15) is 22.6 Å². The fourth-order valence-electron chi connectivity index (χ4n) is 9.37. The molecule has 1 aliphatic heterocycles. The molecule has 2 unspecified atom stereocenters. The first-order valence-corrected chi connectivity index (χ1v) is 18.1. The highest BCUT2D eigenvalue weighted by atomic mass is 19.3. The van der Waals surface area contributed by atoms with Crippen LogP contribution in [0.2, 0.25) is 0 Å². The average molecular weight is 735 g/mol. The monoisotopic (exact) mass is 734 g/mol. The number of nitrogens with zero attached hydrogens (tertiary/aromatic N) is 2. The van der Waals surface area contributed by atoms with Crippen LogP contribution in [0.4, 0.5) is 37.7 Å². The van der Waals surface area contributed by atoms with Crippen molar-refractivity contribution in [3.63, 3.8) is 0 Å². The molecule has 0 spiro atoms. The highest BCUT2D eigenvalue weighted by Crippen LogP contribution is 2.66. The maximum absolute atomic E-state index is 15.6. The minimum absolute atomic E-state index is 0.0324. The molecule has 2 atom stereocenters. The summed E-state index contributed by atoms with van der Waals surface area (Å²) in [6.07, 6.45) is 8.53. The maximum Gasteiger partial charge on any atom is 0.380 e. The van der Waals surface area contributed by atoms with E-state index in [4.69, 9.17) is 0 Å². The van der Waals surface area contributed by atoms with Crippen molar-refractivity contribution in [3.8, 4) is 16.8 Å². The lowest BCUT2D eigenvalue weighted by molar-refractivity contribution is -0.301. The van der Waals surface area contributed by atoms with Crippen molar-refractivity contribution in [1.82, 2.24) is 4.57 Å². The molecule has 0 saturated heterocycles. The molecule has 2 aliphatic carbocycles. The Labute approximate surface area is 310 Å². The number of rotatable bonds is 3. The quantitative estimate of drug-likeness (QED) is 0.130. The number of hydrogen-bond acceptors (Lipinski definition) is 1. The van der Waals surface area contributed by atoms with Gasteiger partial charge < -0.3 is 9.47 Å². The third kappa shape index (κ3) is 4.06. The van der Waals surface area contributed by atoms with E-state index in [2.05, 4.69) is 82.3 Å². The van der Waals surface area contributed by atoms with Crippen LogP contribution >= 0.6 is 0 Å². The minimum Gasteiger partial charge on any atom is -0.332 e. The van der Waals surface area contributed by atoms with Gasteiger partial charge in [0.25, 0.3) is 0 Å². The molecular formula is C47H28F6N2. The van der Waals surface area contributed by atoms with Gasteiger partial charge in [-0.05, 0) is 68.6 Å². The van der Waals surface area contributed by atoms with Crippen molar-refractivity contribution < 1.29 is 26.3 Å². The third-order valence-corrected chi connectivity index (χ3v) is 11.8. The van der Waals surface area contributed by atoms with Gasteiger partial charge in [-0.1, -0.05) is 127 Å². The van der Waals surface area contributed by atoms with Crippen LogP contribution in [0.3, 0.4) is 0 Å². The van der Waals surface area contributed by atoms with E-state index in [9.17, 15) is 0 Å². The molecule has 0 fully saturated rings. The molecule has 0 saturated carbocycles. The normalized spacial score (nSPS) is 20.1. The number of fused-ring (bicyclic) bond motifs is 13. The number of aromatic nitrogens is 1. The standard InChI is InChI=1S/C47H28F6N2/c48-45(49)41-34-18-5-4-15-31(34)38-26-30(21-22-35(38)42(41)46(50,51)47(45,52)53)55-40-20-9-7-17-33(40)37-24-23-36-32-16-6-8-19-39(32)54(43(36)44(37)55)29-14-10-13-28(25-29)27-11-2-1-3-12-27/h1-26,32,39H. The lowest BCUT2D eigenvalue weighted by Gasteiger charge is -2.29. The van der Waals surface area contributed by atoms with Gasteiger partial charge in [0.05, 0.1) is 22.8 Å². The third-order valence-electron chi connectivity index (χ3n) is 11.8. The molecule has 0 bridgehead atoms. The Morgan fingerprint density at radius 1 is 0.473 bits per heavy atom. The van der Waals surface area contributed by atoms with Crippen molar-refractivity contribution in [2.24, 2.45) is 0 Å². The van der Waals surface area contributed by atoms with Crippen molar-refractivity contribution in [2.45, 2.75) is 29.7 Å². The first kappa shape index (κ1) is 32.2. The summed E-state index contributed by atoms with van der Waals surface area (Å²) in [5.41, 5.74) is 4.90. The predicted octanol–water partition coefficient (Wildman–Crippen LogP) is 13.3. The van der Waals surface area contributed by atoms with Crippen LogP contribution in [0.5, 0.6) is 0 Å². The van der Waals surface area contributed by atoms with Crippen molar-refractivity contribution >= 4 is 54.7 Å². The van der Waals surface area contributed by atoms with Crippen molar-refractivity contribution in [2.75, 3.05) is 4.90 Å². The number of halogens is 6. The summed E-state index contributed by atoms with van der Waals surface area (Å²) in [5, 5.41) is 1.66. The zero-order chi connectivity index (χ0) is 37.4. The van der Waals surface area contributed by atoms with Gasteiger partial charge in [-0.3, -0.25) is 0 Å². The Morgan fingerprint density at radius 3 is 1.89 bits per heavy atom. The van der Waals surface area contributed by atoms with E-state index in [0.29, 0.717) is 5.69 Å². The van der Waals surface area contributed by atoms with Crippen LogP contribution in [0, 0.1) is 0 Å². The molecule has 268 valence electrons. The van der Waals surface area contributed by atoms with E-state index in [1.807, 2.05) is 42.5 Å². The predicted molar refractivity (Wildman–Crippen MR) is 207 cm³/mol. The van der Waals surface area contributed by atoms with E-state index in [-0.39, 0.29) is 33.5 Å². The van der Waals surface area contributed by atoms with Gasteiger partial charge >= 0.3 is 17.8 Å². The number of allylic oxidation sites excluding steroid dienone is 2. The van der Waals surface area contributed by atoms with Crippen LogP contribution in [0.25, 0.3) is 60.2 Å². The minimum atomic E-state index is -5.60. The number of alkyl halides is 6. The van der Waals surface area contributed by atoms with Gasteiger partial charge in [0, 0.05) is 39.2 Å². The molecule has 11 rings (SSSR count). The summed E-state index contributed by atoms with van der Waals surface area (Å²) in [5.74, 6) is -15.8. The SMILES string of the molecule is FC1(F)c2c(c3ccc(-n4c5ccccc5c5ccc6c(c54)N(c4cccc(-c5ccccc5)c4)C4C=CC=CC64)cc3c3ccccc23)C(F)(F)C1(F)F. The van der Waals surface area contributed by atoms with Gasteiger partial charge in [0.1, 0.15) is 0 Å². The molecule has 55 heavy (non-hydrogen) atoms. The second-order valence-corrected chi connectivity index (χ2v) is 14.6. The zero-order valence-corrected chi connectivity index (χ0v) is 28.8. The molecule has 3 aliphatic rings. The summed E-state index contributed by atoms with van der Waals surface area (Å²) in [4.78, 5) is 2.36. The number of hydrogen-bond donors (Lipinski definition) is 0. The molecule has 2 heterocycles. The van der Waals surface area contributed by atoms with Gasteiger partial charge in [-0.2, -0.15) is 26.3 Å². The van der Waals surface area contributed by atoms with E-state index >= 15 is 26.3 Å². The largest absolute Gasteiger partial charge is 0.380 e. The molecular weight excluding hydrogens is 707 g/mol. The fraction of sp³-hybridized carbons (Fsp3) is 0.106. The number of para-hydroxylation sites is 1. The van der Waals surface area contributed by atoms with Crippen molar-refractivity contribution in [3.05, 3.63) is 174 Å². The topological polar surface area (TPSA) is 8.17 Å². The molecule has 0 N–H and O–H groups in total. The Morgan fingerprint density at radius 2 is 1.11 bits per heavy atom. The van der Waals surface area contributed by atoms with Crippen LogP contribution in [0.15, 0.2) is 158 Å². The Kier molecular flexibility index (Phi) is 6.38. The number of anilines is 2. The van der Waals surface area contributed by atoms with Gasteiger partial charge in [0.15, 0.2) is 0 Å². The molecule has 0 amide bonds. The van der Waals surface area contributed by atoms with Crippen LogP contribution in [-0.2, 0) is 11.8 Å². The van der Waals surface area contributed by atoms with E-state index < -0.39 is 28.9 Å². The van der Waals surface area contributed by atoms with Crippen LogP contribution < -0.4 is 4.90 Å². The summed E-state index contributed by atoms with van der Waals surface area (Å²) in [6.45, 7) is 0. The summed E-state index contributed by atoms with van der Waals surface area (Å²) in [7, 11) is 0. The lowest BCUT2D eigenvalue weighted by Crippen LogP contribution is -2.43. The molecule has 2 nitrogen and oxygen atoms in total. The second kappa shape index (κ2) is 10.9. The molecule has 8 heteroatoms. The average Bonchev–Trinajstić information content (AvgIpc) is 3.76. The van der Waals surface area contributed by atoms with Crippen molar-refractivity contribution in [1.29, 1.82) is 0 Å². The number of benzene rings is 7. The molecule has 1 aromatic heterocycles. The lowest BCUT2D eigenvalue weighted by atomic mass is 9.91. The fourth-order valence-corrected chi connectivity index (χ4v) is 9.37. The van der Waals surface area contributed by atoms with E-state index in [1.165, 1.54) is 24.3 Å². The first-order chi connectivity index (χ1) is 26.6. The van der Waals surface area contributed by atoms with E-state index in [0.717, 1.165) is 49.9 Å². The van der Waals surface area contributed by atoms with Gasteiger partial charge in [-0.25, -0.2) is 0 Å². The maximum atomic E-state index is 15.6. The smallest absolute Gasteiger partial charge is 0.332 e. The zero-order valence-electron chi connectivity index (χ0n) is 28.8. The highest BCUT2D eigenvalue weighted by Gasteiger charge is 2.80. The summed E-state index contributed by atoms with van der Waals surface area (Å²) < 4.78 is 94.3. The molecule has 8 aromatic rings. The summed E-state index contributed by atoms with van der Waals surface area (Å²) >= 11 is 0. The van der Waals surface area contributed by atoms with Gasteiger partial charge in [0.2, 0.25) is 0 Å². The Hall–Kier alpha value is -6.28. The first-order valence-electron chi connectivity index (χ1n) is 18.1. The Bertz CT molecular complexity index is 3000. The van der Waals surface area contributed by atoms with Crippen LogP contribution in [-0.4, -0.2) is 16.5 Å². The second-order valence-electron chi connectivity index (χ2n) is 14.6. The highest BCUT2D eigenvalue weighted by molar-refractivity contribution is 6.17. The van der Waals surface area contributed by atoms with E-state index in [1.54, 1.807) is 18.2 Å². The Balaban J connectivity index is 1.23. The molecule has 0 radical (unpaired) electrons.